The molecule has 2 aliphatic rings. The highest BCUT2D eigenvalue weighted by molar-refractivity contribution is 5.97. The molecule has 0 radical (unpaired) electrons. The summed E-state index contributed by atoms with van der Waals surface area (Å²) in [5.74, 6) is -0.0472. The number of rotatable bonds is 7. The fraction of sp³-hybridized carbons (Fsp3) is 0.370. The van der Waals surface area contributed by atoms with Crippen LogP contribution in [0.4, 0.5) is 0 Å². The van der Waals surface area contributed by atoms with E-state index in [0.29, 0.717) is 31.9 Å². The lowest BCUT2D eigenvalue weighted by Gasteiger charge is -2.29. The van der Waals surface area contributed by atoms with Crippen molar-refractivity contribution in [1.82, 2.24) is 24.9 Å². The molecule has 0 unspecified atom stereocenters. The van der Waals surface area contributed by atoms with E-state index in [9.17, 15) is 14.7 Å². The van der Waals surface area contributed by atoms with Gasteiger partial charge >= 0.3 is 0 Å². The van der Waals surface area contributed by atoms with Crippen molar-refractivity contribution in [1.29, 1.82) is 0 Å². The highest BCUT2D eigenvalue weighted by atomic mass is 16.3. The highest BCUT2D eigenvalue weighted by Crippen LogP contribution is 2.26. The third-order valence-electron chi connectivity index (χ3n) is 6.74. The molecule has 1 saturated heterocycles. The summed E-state index contributed by atoms with van der Waals surface area (Å²) in [6, 6.07) is 17.7. The van der Waals surface area contributed by atoms with Gasteiger partial charge in [-0.1, -0.05) is 42.5 Å². The van der Waals surface area contributed by atoms with Crippen LogP contribution in [-0.4, -0.2) is 62.7 Å². The zero-order valence-corrected chi connectivity index (χ0v) is 19.8. The molecule has 2 N–H and O–H groups in total. The lowest BCUT2D eigenvalue weighted by molar-refractivity contribution is -0.123. The maximum Gasteiger partial charge on any atom is 0.275 e. The number of piperazine rings is 1. The van der Waals surface area contributed by atoms with Crippen molar-refractivity contribution in [2.75, 3.05) is 26.2 Å². The third kappa shape index (κ3) is 5.38. The molecule has 3 heterocycles. The van der Waals surface area contributed by atoms with E-state index in [1.165, 1.54) is 5.56 Å². The predicted octanol–water partition coefficient (Wildman–Crippen LogP) is 2.35. The number of fused-ring (bicyclic) bond motifs is 1. The Labute approximate surface area is 205 Å². The molecule has 0 bridgehead atoms. The first-order valence-electron chi connectivity index (χ1n) is 12.3. The van der Waals surface area contributed by atoms with Crippen LogP contribution in [0.3, 0.4) is 0 Å². The Balaban J connectivity index is 1.37. The number of aromatic nitrogens is 2. The zero-order chi connectivity index (χ0) is 24.2. The summed E-state index contributed by atoms with van der Waals surface area (Å²) >= 11 is 0. The fourth-order valence-corrected chi connectivity index (χ4v) is 4.99. The van der Waals surface area contributed by atoms with Gasteiger partial charge in [-0.2, -0.15) is 5.10 Å². The summed E-state index contributed by atoms with van der Waals surface area (Å²) in [5, 5.41) is 17.4. The second-order valence-corrected chi connectivity index (χ2v) is 9.29. The van der Waals surface area contributed by atoms with Gasteiger partial charge in [-0.25, -0.2) is 0 Å². The van der Waals surface area contributed by atoms with Crippen molar-refractivity contribution in [3.05, 3.63) is 82.7 Å². The van der Waals surface area contributed by atoms with Crippen LogP contribution in [0.1, 0.15) is 39.3 Å². The van der Waals surface area contributed by atoms with E-state index in [0.717, 1.165) is 49.2 Å². The number of benzene rings is 2. The standard InChI is InChI=1S/C27H31N5O3/c33-22-10-4-8-21(16-22)17-30-14-11-24-23(18-30)26(27(35)31-15-12-28-25(34)19-31)29-32(24)13-5-9-20-6-2-1-3-7-20/h1-4,6-8,10,16,33H,5,9,11-15,17-19H2,(H,28,34). The molecule has 2 aromatic carbocycles. The van der Waals surface area contributed by atoms with Gasteiger partial charge in [0.25, 0.3) is 5.91 Å². The lowest BCUT2D eigenvalue weighted by atomic mass is 10.0. The van der Waals surface area contributed by atoms with Crippen molar-refractivity contribution in [3.63, 3.8) is 0 Å². The maximum absolute atomic E-state index is 13.5. The van der Waals surface area contributed by atoms with Crippen LogP contribution in [0.5, 0.6) is 5.75 Å². The molecule has 182 valence electrons. The van der Waals surface area contributed by atoms with E-state index in [1.54, 1.807) is 17.0 Å². The van der Waals surface area contributed by atoms with Crippen LogP contribution >= 0.6 is 0 Å². The SMILES string of the molecule is O=C1CN(C(=O)c2nn(CCCc3ccccc3)c3c2CN(Cc2cccc(O)c2)CC3)CCN1. The maximum atomic E-state index is 13.5. The summed E-state index contributed by atoms with van der Waals surface area (Å²) in [7, 11) is 0. The van der Waals surface area contributed by atoms with Crippen LogP contribution in [0.2, 0.25) is 0 Å². The molecule has 35 heavy (non-hydrogen) atoms. The van der Waals surface area contributed by atoms with Crippen molar-refractivity contribution >= 4 is 11.8 Å². The van der Waals surface area contributed by atoms with E-state index in [2.05, 4.69) is 34.5 Å². The monoisotopic (exact) mass is 473 g/mol. The molecule has 0 spiro atoms. The molecular formula is C27H31N5O3. The quantitative estimate of drug-likeness (QED) is 0.550. The summed E-state index contributed by atoms with van der Waals surface area (Å²) in [5.41, 5.74) is 4.88. The molecule has 2 aliphatic heterocycles. The smallest absolute Gasteiger partial charge is 0.275 e. The molecular weight excluding hydrogens is 442 g/mol. The molecule has 8 heteroatoms. The van der Waals surface area contributed by atoms with Crippen LogP contribution in [0, 0.1) is 0 Å². The van der Waals surface area contributed by atoms with E-state index >= 15 is 0 Å². The molecule has 5 rings (SSSR count). The van der Waals surface area contributed by atoms with E-state index < -0.39 is 0 Å². The molecule has 0 aliphatic carbocycles. The Hall–Kier alpha value is -3.65. The number of hydrogen-bond acceptors (Lipinski definition) is 5. The number of carbonyl (C=O) groups is 2. The van der Waals surface area contributed by atoms with E-state index in [4.69, 9.17) is 5.10 Å². The van der Waals surface area contributed by atoms with Gasteiger partial charge in [0, 0.05) is 56.9 Å². The molecule has 3 aromatic rings. The predicted molar refractivity (Wildman–Crippen MR) is 132 cm³/mol. The molecule has 0 saturated carbocycles. The third-order valence-corrected chi connectivity index (χ3v) is 6.74. The number of nitrogens with one attached hydrogen (secondary N) is 1. The van der Waals surface area contributed by atoms with Gasteiger partial charge in [-0.05, 0) is 36.1 Å². The van der Waals surface area contributed by atoms with Crippen molar-refractivity contribution in [3.8, 4) is 5.75 Å². The normalized spacial score (nSPS) is 16.1. The minimum Gasteiger partial charge on any atom is -0.508 e. The Morgan fingerprint density at radius 2 is 1.86 bits per heavy atom. The van der Waals surface area contributed by atoms with Gasteiger partial charge in [-0.3, -0.25) is 19.2 Å². The van der Waals surface area contributed by atoms with E-state index in [1.807, 2.05) is 22.9 Å². The molecule has 0 atom stereocenters. The number of aryl methyl sites for hydroxylation is 2. The second-order valence-electron chi connectivity index (χ2n) is 9.29. The minimum atomic E-state index is -0.169. The average Bonchev–Trinajstić information content (AvgIpc) is 3.22. The van der Waals surface area contributed by atoms with Crippen molar-refractivity contribution < 1.29 is 14.7 Å². The number of phenols is 1. The Kier molecular flexibility index (Phi) is 6.81. The summed E-state index contributed by atoms with van der Waals surface area (Å²) < 4.78 is 2.02. The van der Waals surface area contributed by atoms with Crippen molar-refractivity contribution in [2.45, 2.75) is 38.9 Å². The Bertz CT molecular complexity index is 1210. The molecule has 1 aromatic heterocycles. The number of amides is 2. The summed E-state index contributed by atoms with van der Waals surface area (Å²) in [6.07, 6.45) is 2.69. The largest absolute Gasteiger partial charge is 0.508 e. The van der Waals surface area contributed by atoms with Crippen LogP contribution in [0.15, 0.2) is 54.6 Å². The van der Waals surface area contributed by atoms with Gasteiger partial charge in [0.15, 0.2) is 5.69 Å². The first kappa shape index (κ1) is 23.1. The fourth-order valence-electron chi connectivity index (χ4n) is 4.99. The number of carbonyl (C=O) groups excluding carboxylic acids is 2. The number of aromatic hydroxyl groups is 1. The average molecular weight is 474 g/mol. The highest BCUT2D eigenvalue weighted by Gasteiger charge is 2.32. The molecule has 1 fully saturated rings. The van der Waals surface area contributed by atoms with Crippen molar-refractivity contribution in [2.24, 2.45) is 0 Å². The van der Waals surface area contributed by atoms with Gasteiger partial charge in [0.2, 0.25) is 5.91 Å². The van der Waals surface area contributed by atoms with Gasteiger partial charge in [0.05, 0.1) is 6.54 Å². The van der Waals surface area contributed by atoms with Gasteiger partial charge in [-0.15, -0.1) is 0 Å². The topological polar surface area (TPSA) is 90.7 Å². The second kappa shape index (κ2) is 10.3. The zero-order valence-electron chi connectivity index (χ0n) is 19.8. The first-order valence-corrected chi connectivity index (χ1v) is 12.3. The summed E-state index contributed by atoms with van der Waals surface area (Å²) in [6.45, 7) is 3.94. The first-order chi connectivity index (χ1) is 17.1. The number of hydrogen-bond donors (Lipinski definition) is 2. The number of nitrogens with zero attached hydrogens (tertiary/aromatic N) is 4. The van der Waals surface area contributed by atoms with Gasteiger partial charge < -0.3 is 15.3 Å². The Morgan fingerprint density at radius 3 is 2.66 bits per heavy atom. The van der Waals surface area contributed by atoms with Crippen LogP contribution in [0.25, 0.3) is 0 Å². The van der Waals surface area contributed by atoms with Gasteiger partial charge in [0.1, 0.15) is 5.75 Å². The van der Waals surface area contributed by atoms with Crippen LogP contribution in [-0.2, 0) is 37.3 Å². The molecule has 8 nitrogen and oxygen atoms in total. The number of phenolic OH excluding ortho intramolecular Hbond substituents is 1. The molecule has 2 amide bonds. The van der Waals surface area contributed by atoms with Crippen LogP contribution < -0.4 is 5.32 Å². The van der Waals surface area contributed by atoms with E-state index in [-0.39, 0.29) is 24.1 Å². The Morgan fingerprint density at radius 1 is 1.03 bits per heavy atom. The lowest BCUT2D eigenvalue weighted by Crippen LogP contribution is -2.50. The minimum absolute atomic E-state index is 0.0709. The summed E-state index contributed by atoms with van der Waals surface area (Å²) in [4.78, 5) is 29.2.